The van der Waals surface area contributed by atoms with Gasteiger partial charge in [0, 0.05) is 39.4 Å². The van der Waals surface area contributed by atoms with E-state index >= 15 is 0 Å². The smallest absolute Gasteiger partial charge is 0.144 e. The van der Waals surface area contributed by atoms with Gasteiger partial charge in [0.2, 0.25) is 0 Å². The van der Waals surface area contributed by atoms with Gasteiger partial charge < -0.3 is 9.47 Å². The Bertz CT molecular complexity index is 447. The van der Waals surface area contributed by atoms with E-state index < -0.39 is 11.6 Å². The van der Waals surface area contributed by atoms with Gasteiger partial charge in [-0.2, -0.15) is 0 Å². The molecule has 0 radical (unpaired) electrons. The van der Waals surface area contributed by atoms with E-state index in [2.05, 4.69) is 15.9 Å². The van der Waals surface area contributed by atoms with Crippen LogP contribution in [0, 0.1) is 11.6 Å². The highest BCUT2D eigenvalue weighted by atomic mass is 79.9. The fraction of sp³-hybridized carbons (Fsp3) is 0.538. The molecule has 6 heteroatoms. The molecule has 3 nitrogen and oxygen atoms in total. The predicted octanol–water partition coefficient (Wildman–Crippen LogP) is 2.57. The van der Waals surface area contributed by atoms with Gasteiger partial charge in [-0.25, -0.2) is 8.78 Å². The Morgan fingerprint density at radius 3 is 2.32 bits per heavy atom. The average molecular weight is 336 g/mol. The lowest BCUT2D eigenvalue weighted by molar-refractivity contribution is -0.00461. The van der Waals surface area contributed by atoms with Crippen LogP contribution in [-0.4, -0.2) is 44.4 Å². The van der Waals surface area contributed by atoms with Gasteiger partial charge in [0.05, 0.1) is 16.7 Å². The Labute approximate surface area is 119 Å². The molecule has 1 aromatic rings. The summed E-state index contributed by atoms with van der Waals surface area (Å²) in [6, 6.07) is 2.63. The maximum Gasteiger partial charge on any atom is 0.144 e. The van der Waals surface area contributed by atoms with Crippen molar-refractivity contribution in [1.29, 1.82) is 0 Å². The molecule has 19 heavy (non-hydrogen) atoms. The summed E-state index contributed by atoms with van der Waals surface area (Å²) in [7, 11) is 3.22. The highest BCUT2D eigenvalue weighted by Crippen LogP contribution is 2.25. The van der Waals surface area contributed by atoms with Crippen LogP contribution < -0.4 is 0 Å². The summed E-state index contributed by atoms with van der Waals surface area (Å²) in [5, 5.41) is 0. The minimum Gasteiger partial charge on any atom is -0.377 e. The second-order valence-corrected chi connectivity index (χ2v) is 5.42. The monoisotopic (exact) mass is 335 g/mol. The van der Waals surface area contributed by atoms with Crippen molar-refractivity contribution in [2.24, 2.45) is 0 Å². The summed E-state index contributed by atoms with van der Waals surface area (Å²) in [5.41, 5.74) is 0.0704. The zero-order chi connectivity index (χ0) is 14.0. The summed E-state index contributed by atoms with van der Waals surface area (Å²) in [5.74, 6) is -1.08. The Balaban J connectivity index is 2.13. The second kappa shape index (κ2) is 6.26. The fourth-order valence-corrected chi connectivity index (χ4v) is 2.71. The van der Waals surface area contributed by atoms with Crippen molar-refractivity contribution >= 4 is 15.9 Å². The highest BCUT2D eigenvalue weighted by Gasteiger charge is 2.33. The molecule has 2 rings (SSSR count). The number of ether oxygens (including phenoxy) is 2. The van der Waals surface area contributed by atoms with Crippen molar-refractivity contribution < 1.29 is 18.3 Å². The highest BCUT2D eigenvalue weighted by molar-refractivity contribution is 9.10. The van der Waals surface area contributed by atoms with Crippen LogP contribution in [-0.2, 0) is 16.0 Å². The lowest BCUT2D eigenvalue weighted by Gasteiger charge is -2.16. The zero-order valence-electron chi connectivity index (χ0n) is 10.8. The molecule has 1 aliphatic rings. The number of hydrogen-bond donors (Lipinski definition) is 0. The average Bonchev–Trinajstić information content (AvgIpc) is 2.81. The maximum absolute atomic E-state index is 13.9. The molecule has 0 spiro atoms. The fourth-order valence-electron chi connectivity index (χ4n) is 2.34. The van der Waals surface area contributed by atoms with Gasteiger partial charge in [-0.15, -0.1) is 0 Å². The normalized spacial score (nSPS) is 24.1. The number of nitrogens with zero attached hydrogens (tertiary/aromatic N) is 1. The molecular formula is C13H16BrF2NO2. The molecule has 2 atom stereocenters. The third-order valence-electron chi connectivity index (χ3n) is 3.42. The summed E-state index contributed by atoms with van der Waals surface area (Å²) >= 11 is 3.07. The molecule has 0 aromatic heterocycles. The zero-order valence-corrected chi connectivity index (χ0v) is 12.4. The third kappa shape index (κ3) is 3.13. The molecule has 2 unspecified atom stereocenters. The van der Waals surface area contributed by atoms with Crippen molar-refractivity contribution in [2.75, 3.05) is 27.3 Å². The molecule has 1 fully saturated rings. The van der Waals surface area contributed by atoms with Crippen molar-refractivity contribution in [3.05, 3.63) is 33.8 Å². The topological polar surface area (TPSA) is 21.7 Å². The summed E-state index contributed by atoms with van der Waals surface area (Å²) in [6.45, 7) is 1.40. The van der Waals surface area contributed by atoms with E-state index in [1.807, 2.05) is 4.90 Å². The third-order valence-corrected chi connectivity index (χ3v) is 4.03. The standard InChI is InChI=1S/C13H16BrF2NO2/c1-18-11-6-17(7-12(11)19-2)5-8-10(15)4-3-9(14)13(8)16/h3-4,11-12H,5-7H2,1-2H3. The lowest BCUT2D eigenvalue weighted by atomic mass is 10.2. The van der Waals surface area contributed by atoms with Crippen LogP contribution in [0.25, 0.3) is 0 Å². The number of rotatable bonds is 4. The first kappa shape index (κ1) is 14.8. The van der Waals surface area contributed by atoms with Crippen LogP contribution in [0.3, 0.4) is 0 Å². The molecule has 1 heterocycles. The van der Waals surface area contributed by atoms with Crippen LogP contribution in [0.2, 0.25) is 0 Å². The largest absolute Gasteiger partial charge is 0.377 e. The molecule has 0 amide bonds. The minimum absolute atomic E-state index is 0.0664. The van der Waals surface area contributed by atoms with Crippen molar-refractivity contribution in [3.8, 4) is 0 Å². The van der Waals surface area contributed by atoms with Gasteiger partial charge in [0.1, 0.15) is 11.6 Å². The van der Waals surface area contributed by atoms with Gasteiger partial charge in [-0.1, -0.05) is 0 Å². The van der Waals surface area contributed by atoms with Crippen LogP contribution in [0.5, 0.6) is 0 Å². The van der Waals surface area contributed by atoms with Crippen LogP contribution in [0.1, 0.15) is 5.56 Å². The van der Waals surface area contributed by atoms with Crippen LogP contribution in [0.4, 0.5) is 8.78 Å². The number of hydrogen-bond acceptors (Lipinski definition) is 3. The Morgan fingerprint density at radius 2 is 1.79 bits per heavy atom. The predicted molar refractivity (Wildman–Crippen MR) is 70.9 cm³/mol. The van der Waals surface area contributed by atoms with Crippen molar-refractivity contribution in [1.82, 2.24) is 4.90 Å². The van der Waals surface area contributed by atoms with E-state index in [9.17, 15) is 8.78 Å². The first-order valence-electron chi connectivity index (χ1n) is 5.97. The van der Waals surface area contributed by atoms with Crippen molar-refractivity contribution in [2.45, 2.75) is 18.8 Å². The first-order valence-corrected chi connectivity index (χ1v) is 6.76. The van der Waals surface area contributed by atoms with Gasteiger partial charge >= 0.3 is 0 Å². The number of methoxy groups -OCH3 is 2. The van der Waals surface area contributed by atoms with Gasteiger partial charge in [0.25, 0.3) is 0 Å². The molecule has 0 bridgehead atoms. The maximum atomic E-state index is 13.9. The molecular weight excluding hydrogens is 320 g/mol. The molecule has 0 N–H and O–H groups in total. The van der Waals surface area contributed by atoms with Crippen LogP contribution >= 0.6 is 15.9 Å². The molecule has 0 aliphatic carbocycles. The van der Waals surface area contributed by atoms with Gasteiger partial charge in [0.15, 0.2) is 0 Å². The minimum atomic E-state index is -0.546. The molecule has 0 saturated carbocycles. The molecule has 1 saturated heterocycles. The molecule has 1 aliphatic heterocycles. The van der Waals surface area contributed by atoms with E-state index in [1.54, 1.807) is 14.2 Å². The first-order chi connectivity index (χ1) is 9.06. The van der Waals surface area contributed by atoms with Crippen LogP contribution in [0.15, 0.2) is 16.6 Å². The van der Waals surface area contributed by atoms with E-state index in [4.69, 9.17) is 9.47 Å². The van der Waals surface area contributed by atoms with Gasteiger partial charge in [-0.3, -0.25) is 4.90 Å². The van der Waals surface area contributed by atoms with E-state index in [0.29, 0.717) is 13.1 Å². The van der Waals surface area contributed by atoms with Crippen molar-refractivity contribution in [3.63, 3.8) is 0 Å². The number of benzene rings is 1. The quantitative estimate of drug-likeness (QED) is 0.789. The summed E-state index contributed by atoms with van der Waals surface area (Å²) in [4.78, 5) is 1.93. The van der Waals surface area contributed by atoms with E-state index in [0.717, 1.165) is 0 Å². The molecule has 106 valence electrons. The second-order valence-electron chi connectivity index (χ2n) is 4.56. The Hall–Kier alpha value is -0.560. The van der Waals surface area contributed by atoms with Gasteiger partial charge in [-0.05, 0) is 28.1 Å². The number of likely N-dealkylation sites (tertiary alicyclic amines) is 1. The lowest BCUT2D eigenvalue weighted by Crippen LogP contribution is -2.27. The van der Waals surface area contributed by atoms with E-state index in [1.165, 1.54) is 12.1 Å². The molecule has 1 aromatic carbocycles. The summed E-state index contributed by atoms with van der Waals surface area (Å²) < 4.78 is 38.5. The Morgan fingerprint density at radius 1 is 1.21 bits per heavy atom. The van der Waals surface area contributed by atoms with E-state index in [-0.39, 0.29) is 28.8 Å². The Kier molecular flexibility index (Phi) is 4.89. The number of halogens is 3. The SMILES string of the molecule is COC1CN(Cc2c(F)ccc(Br)c2F)CC1OC. The summed E-state index contributed by atoms with van der Waals surface area (Å²) in [6.07, 6.45) is -0.133.